The van der Waals surface area contributed by atoms with E-state index in [1.54, 1.807) is 23.1 Å². The van der Waals surface area contributed by atoms with Crippen molar-refractivity contribution in [3.63, 3.8) is 0 Å². The summed E-state index contributed by atoms with van der Waals surface area (Å²) in [7, 11) is 0. The van der Waals surface area contributed by atoms with Crippen LogP contribution in [0.4, 0.5) is 10.5 Å². The van der Waals surface area contributed by atoms with E-state index in [1.807, 2.05) is 13.0 Å². The van der Waals surface area contributed by atoms with E-state index in [0.29, 0.717) is 48.5 Å². The molecule has 138 valence electrons. The van der Waals surface area contributed by atoms with Crippen molar-refractivity contribution in [2.75, 3.05) is 31.5 Å². The van der Waals surface area contributed by atoms with Crippen LogP contribution in [0.2, 0.25) is 5.02 Å². The number of benzene rings is 1. The number of piperazine rings is 1. The average molecular weight is 376 g/mol. The molecule has 0 bridgehead atoms. The van der Waals surface area contributed by atoms with Crippen LogP contribution >= 0.6 is 11.6 Å². The number of nitrogens with zero attached hydrogens (tertiary/aromatic N) is 3. The van der Waals surface area contributed by atoms with Gasteiger partial charge in [0.15, 0.2) is 0 Å². The van der Waals surface area contributed by atoms with E-state index in [-0.39, 0.29) is 18.0 Å². The van der Waals surface area contributed by atoms with Gasteiger partial charge in [0, 0.05) is 37.9 Å². The number of nitrogens with one attached hydrogen (secondary N) is 2. The fourth-order valence-electron chi connectivity index (χ4n) is 2.91. The van der Waals surface area contributed by atoms with Crippen LogP contribution in [0.3, 0.4) is 0 Å². The molecule has 0 aromatic heterocycles. The number of carbonyl (C=O) groups excluding carboxylic acids is 2. The number of hydrogen-bond donors (Lipinski definition) is 2. The van der Waals surface area contributed by atoms with Crippen LogP contribution in [0, 0.1) is 11.3 Å². The number of anilines is 1. The molecular formula is C18H22ClN5O2. The van der Waals surface area contributed by atoms with Gasteiger partial charge in [0.25, 0.3) is 0 Å². The molecule has 3 amide bonds. The third-order valence-corrected chi connectivity index (χ3v) is 5.11. The molecule has 0 radical (unpaired) electrons. The molecule has 2 aliphatic rings. The lowest BCUT2D eigenvalue weighted by Crippen LogP contribution is -2.55. The minimum Gasteiger partial charge on any atom is -0.352 e. The average Bonchev–Trinajstić information content (AvgIpc) is 3.45. The van der Waals surface area contributed by atoms with Gasteiger partial charge in [-0.3, -0.25) is 9.69 Å². The largest absolute Gasteiger partial charge is 0.352 e. The van der Waals surface area contributed by atoms with Gasteiger partial charge in [-0.2, -0.15) is 5.26 Å². The Balaban J connectivity index is 1.49. The van der Waals surface area contributed by atoms with Crippen LogP contribution in [0.5, 0.6) is 0 Å². The molecule has 1 saturated heterocycles. The van der Waals surface area contributed by atoms with E-state index in [9.17, 15) is 9.59 Å². The number of urea groups is 1. The predicted octanol–water partition coefficient (Wildman–Crippen LogP) is 2.03. The smallest absolute Gasteiger partial charge is 0.321 e. The monoisotopic (exact) mass is 375 g/mol. The van der Waals surface area contributed by atoms with Gasteiger partial charge in [-0.15, -0.1) is 0 Å². The maximum Gasteiger partial charge on any atom is 0.321 e. The van der Waals surface area contributed by atoms with Crippen LogP contribution in [-0.4, -0.2) is 60.0 Å². The quantitative estimate of drug-likeness (QED) is 0.842. The fraction of sp³-hybridized carbons (Fsp3) is 0.500. The number of nitriles is 1. The second kappa shape index (κ2) is 7.94. The lowest BCUT2D eigenvalue weighted by molar-refractivity contribution is -0.126. The van der Waals surface area contributed by atoms with Gasteiger partial charge in [-0.05, 0) is 38.0 Å². The zero-order chi connectivity index (χ0) is 18.7. The highest BCUT2D eigenvalue weighted by Gasteiger charge is 2.30. The highest BCUT2D eigenvalue weighted by atomic mass is 35.5. The van der Waals surface area contributed by atoms with Gasteiger partial charge in [0.2, 0.25) is 5.91 Å². The Kier molecular flexibility index (Phi) is 5.64. The van der Waals surface area contributed by atoms with Crippen molar-refractivity contribution < 1.29 is 9.59 Å². The Bertz CT molecular complexity index is 736. The molecule has 1 aliphatic heterocycles. The highest BCUT2D eigenvalue weighted by Crippen LogP contribution is 2.21. The Morgan fingerprint density at radius 1 is 1.27 bits per heavy atom. The van der Waals surface area contributed by atoms with Gasteiger partial charge >= 0.3 is 6.03 Å². The first-order valence-electron chi connectivity index (χ1n) is 8.78. The van der Waals surface area contributed by atoms with Crippen molar-refractivity contribution in [3.8, 4) is 6.07 Å². The zero-order valence-electron chi connectivity index (χ0n) is 14.7. The van der Waals surface area contributed by atoms with Crippen LogP contribution in [0.15, 0.2) is 18.2 Å². The van der Waals surface area contributed by atoms with Crippen molar-refractivity contribution >= 4 is 29.2 Å². The normalized spacial score (nSPS) is 18.7. The summed E-state index contributed by atoms with van der Waals surface area (Å²) in [4.78, 5) is 28.4. The Morgan fingerprint density at radius 3 is 2.54 bits per heavy atom. The number of carbonyl (C=O) groups is 2. The maximum absolute atomic E-state index is 12.4. The minimum absolute atomic E-state index is 0.0672. The zero-order valence-corrected chi connectivity index (χ0v) is 15.4. The topological polar surface area (TPSA) is 88.5 Å². The van der Waals surface area contributed by atoms with Crippen LogP contribution < -0.4 is 10.6 Å². The molecule has 1 aromatic rings. The molecule has 1 aliphatic carbocycles. The Morgan fingerprint density at radius 2 is 1.96 bits per heavy atom. The number of rotatable bonds is 4. The SMILES string of the molecule is CC(C(=O)NC1CC1)N1CCN(C(=O)Nc2ccc(C#N)c(Cl)c2)CC1. The summed E-state index contributed by atoms with van der Waals surface area (Å²) in [5.74, 6) is 0.0672. The maximum atomic E-state index is 12.4. The molecule has 8 heteroatoms. The molecule has 1 saturated carbocycles. The van der Waals surface area contributed by atoms with Gasteiger partial charge in [-0.25, -0.2) is 4.79 Å². The molecular weight excluding hydrogens is 354 g/mol. The van der Waals surface area contributed by atoms with Gasteiger partial charge in [0.1, 0.15) is 6.07 Å². The minimum atomic E-state index is -0.208. The molecule has 1 heterocycles. The first-order valence-corrected chi connectivity index (χ1v) is 9.15. The van der Waals surface area contributed by atoms with E-state index in [2.05, 4.69) is 15.5 Å². The molecule has 3 rings (SSSR count). The van der Waals surface area contributed by atoms with Crippen molar-refractivity contribution in [1.29, 1.82) is 5.26 Å². The summed E-state index contributed by atoms with van der Waals surface area (Å²) in [6.45, 7) is 4.32. The molecule has 26 heavy (non-hydrogen) atoms. The molecule has 0 spiro atoms. The van der Waals surface area contributed by atoms with E-state index in [1.165, 1.54) is 0 Å². The highest BCUT2D eigenvalue weighted by molar-refractivity contribution is 6.32. The molecule has 2 N–H and O–H groups in total. The lowest BCUT2D eigenvalue weighted by Gasteiger charge is -2.37. The molecule has 1 aromatic carbocycles. The second-order valence-electron chi connectivity index (χ2n) is 6.72. The fourth-order valence-corrected chi connectivity index (χ4v) is 3.14. The lowest BCUT2D eigenvalue weighted by atomic mass is 10.2. The van der Waals surface area contributed by atoms with Crippen molar-refractivity contribution in [2.24, 2.45) is 0 Å². The van der Waals surface area contributed by atoms with Gasteiger partial charge < -0.3 is 15.5 Å². The first kappa shape index (κ1) is 18.5. The Hall–Kier alpha value is -2.30. The van der Waals surface area contributed by atoms with Crippen molar-refractivity contribution in [2.45, 2.75) is 31.8 Å². The summed E-state index contributed by atoms with van der Waals surface area (Å²) in [6.07, 6.45) is 2.15. The molecule has 1 atom stereocenters. The van der Waals surface area contributed by atoms with Crippen molar-refractivity contribution in [1.82, 2.24) is 15.1 Å². The third kappa shape index (κ3) is 4.45. The molecule has 2 fully saturated rings. The van der Waals surface area contributed by atoms with Crippen LogP contribution in [0.1, 0.15) is 25.3 Å². The summed E-state index contributed by atoms with van der Waals surface area (Å²) in [5, 5.41) is 15.0. The summed E-state index contributed by atoms with van der Waals surface area (Å²) < 4.78 is 0. The van der Waals surface area contributed by atoms with E-state index in [0.717, 1.165) is 12.8 Å². The summed E-state index contributed by atoms with van der Waals surface area (Å²) in [6, 6.07) is 6.76. The first-order chi connectivity index (χ1) is 12.5. The van der Waals surface area contributed by atoms with E-state index < -0.39 is 0 Å². The second-order valence-corrected chi connectivity index (χ2v) is 7.13. The summed E-state index contributed by atoms with van der Waals surface area (Å²) >= 11 is 5.99. The van der Waals surface area contributed by atoms with Crippen LogP contribution in [-0.2, 0) is 4.79 Å². The standard InChI is InChI=1S/C18H22ClN5O2/c1-12(17(25)21-14-4-5-14)23-6-8-24(9-7-23)18(26)22-15-3-2-13(11-20)16(19)10-15/h2-3,10,12,14H,4-9H2,1H3,(H,21,25)(H,22,26). The number of halogens is 1. The Labute approximate surface area is 157 Å². The molecule has 7 nitrogen and oxygen atoms in total. The van der Waals surface area contributed by atoms with E-state index in [4.69, 9.17) is 16.9 Å². The third-order valence-electron chi connectivity index (χ3n) is 4.79. The van der Waals surface area contributed by atoms with E-state index >= 15 is 0 Å². The summed E-state index contributed by atoms with van der Waals surface area (Å²) in [5.41, 5.74) is 0.926. The van der Waals surface area contributed by atoms with Crippen LogP contribution in [0.25, 0.3) is 0 Å². The predicted molar refractivity (Wildman–Crippen MR) is 99.0 cm³/mol. The van der Waals surface area contributed by atoms with Gasteiger partial charge in [-0.1, -0.05) is 11.6 Å². The molecule has 1 unspecified atom stereocenters. The number of amides is 3. The number of hydrogen-bond acceptors (Lipinski definition) is 4. The van der Waals surface area contributed by atoms with Gasteiger partial charge in [0.05, 0.1) is 16.6 Å². The van der Waals surface area contributed by atoms with Crippen molar-refractivity contribution in [3.05, 3.63) is 28.8 Å².